The van der Waals surface area contributed by atoms with Crippen molar-refractivity contribution in [2.45, 2.75) is 6.92 Å². The summed E-state index contributed by atoms with van der Waals surface area (Å²) in [6.07, 6.45) is 1.34. The van der Waals surface area contributed by atoms with Crippen molar-refractivity contribution >= 4 is 34.6 Å². The van der Waals surface area contributed by atoms with E-state index in [2.05, 4.69) is 0 Å². The zero-order chi connectivity index (χ0) is 8.20. The molecule has 0 radical (unpaired) electrons. The SMILES string of the molecule is CCP(=O)(Cl)/C=C/C(=O)Cl. The summed E-state index contributed by atoms with van der Waals surface area (Å²) in [6.45, 7) is -1.06. The molecule has 0 heterocycles. The Kier molecular flexibility index (Phi) is 4.26. The minimum atomic E-state index is -2.74. The van der Waals surface area contributed by atoms with Gasteiger partial charge in [-0.15, -0.1) is 0 Å². The Hall–Kier alpha value is 0.220. The fraction of sp³-hybridized carbons (Fsp3) is 0.400. The van der Waals surface area contributed by atoms with E-state index >= 15 is 0 Å². The molecule has 10 heavy (non-hydrogen) atoms. The molecule has 0 rings (SSSR count). The van der Waals surface area contributed by atoms with E-state index in [1.165, 1.54) is 0 Å². The average Bonchev–Trinajstić information content (AvgIpc) is 1.85. The molecule has 0 N–H and O–H groups in total. The normalized spacial score (nSPS) is 17.1. The molecule has 0 bridgehead atoms. The lowest BCUT2D eigenvalue weighted by molar-refractivity contribution is -0.107. The summed E-state index contributed by atoms with van der Waals surface area (Å²) < 4.78 is 11.0. The van der Waals surface area contributed by atoms with Gasteiger partial charge in [-0.3, -0.25) is 4.79 Å². The van der Waals surface area contributed by atoms with E-state index in [0.29, 0.717) is 6.16 Å². The van der Waals surface area contributed by atoms with Gasteiger partial charge in [-0.1, -0.05) is 6.92 Å². The Labute approximate surface area is 69.4 Å². The molecule has 0 aliphatic rings. The first-order valence-electron chi connectivity index (χ1n) is 2.65. The van der Waals surface area contributed by atoms with Crippen LogP contribution in [-0.4, -0.2) is 11.4 Å². The fourth-order valence-electron chi connectivity index (χ4n) is 0.275. The van der Waals surface area contributed by atoms with Gasteiger partial charge in [0.1, 0.15) is 0 Å². The van der Waals surface area contributed by atoms with Gasteiger partial charge < -0.3 is 4.57 Å². The predicted octanol–water partition coefficient (Wildman–Crippen LogP) is 2.80. The molecule has 0 amide bonds. The van der Waals surface area contributed by atoms with E-state index in [-0.39, 0.29) is 0 Å². The van der Waals surface area contributed by atoms with Crippen molar-refractivity contribution in [1.82, 2.24) is 0 Å². The van der Waals surface area contributed by atoms with E-state index in [4.69, 9.17) is 22.8 Å². The highest BCUT2D eigenvalue weighted by Gasteiger charge is 2.09. The fourth-order valence-corrected chi connectivity index (χ4v) is 1.16. The standard InChI is InChI=1S/C5H7Cl2O2P/c1-2-10(7,9)4-3-5(6)8/h3-4H,2H2,1H3/b4-3+. The third-order valence-electron chi connectivity index (χ3n) is 0.859. The summed E-state index contributed by atoms with van der Waals surface area (Å²) in [5.74, 6) is 1.16. The molecular weight excluding hydrogens is 194 g/mol. The summed E-state index contributed by atoms with van der Waals surface area (Å²) in [7, 11) is 0. The van der Waals surface area contributed by atoms with Crippen molar-refractivity contribution < 1.29 is 9.36 Å². The first-order valence-corrected chi connectivity index (χ1v) is 5.89. The molecule has 1 unspecified atom stereocenters. The largest absolute Gasteiger partial charge is 0.302 e. The van der Waals surface area contributed by atoms with Gasteiger partial charge in [0.25, 0.3) is 0 Å². The van der Waals surface area contributed by atoms with Gasteiger partial charge in [-0.05, 0) is 28.7 Å². The van der Waals surface area contributed by atoms with Crippen molar-refractivity contribution in [3.8, 4) is 0 Å². The van der Waals surface area contributed by atoms with Gasteiger partial charge in [0, 0.05) is 12.2 Å². The number of hydrogen-bond donors (Lipinski definition) is 0. The molecule has 0 fully saturated rings. The Morgan fingerprint density at radius 3 is 2.50 bits per heavy atom. The zero-order valence-corrected chi connectivity index (χ0v) is 7.79. The van der Waals surface area contributed by atoms with Crippen LogP contribution in [0.5, 0.6) is 0 Å². The highest BCUT2D eigenvalue weighted by atomic mass is 35.7. The number of carbonyl (C=O) groups is 1. The lowest BCUT2D eigenvalue weighted by Crippen LogP contribution is -1.76. The van der Waals surface area contributed by atoms with Crippen LogP contribution in [0, 0.1) is 0 Å². The predicted molar refractivity (Wildman–Crippen MR) is 44.0 cm³/mol. The lowest BCUT2D eigenvalue weighted by Gasteiger charge is -1.96. The summed E-state index contributed by atoms with van der Waals surface area (Å²) in [5, 5.41) is -0.658. The minimum Gasteiger partial charge on any atom is -0.302 e. The van der Waals surface area contributed by atoms with Crippen LogP contribution in [0.4, 0.5) is 0 Å². The molecule has 0 aromatic carbocycles. The third kappa shape index (κ3) is 5.04. The molecule has 0 aliphatic carbocycles. The average molecular weight is 201 g/mol. The molecule has 0 aromatic rings. The second-order valence-corrected chi connectivity index (χ2v) is 6.07. The number of carbonyl (C=O) groups excluding carboxylic acids is 1. The number of hydrogen-bond acceptors (Lipinski definition) is 2. The van der Waals surface area contributed by atoms with Crippen molar-refractivity contribution in [1.29, 1.82) is 0 Å². The molecule has 0 saturated heterocycles. The summed E-state index contributed by atoms with van der Waals surface area (Å²) >= 11 is 10.4. The second-order valence-electron chi connectivity index (χ2n) is 1.64. The highest BCUT2D eigenvalue weighted by Crippen LogP contribution is 2.52. The maximum absolute atomic E-state index is 11.0. The van der Waals surface area contributed by atoms with Gasteiger partial charge in [0.15, 0.2) is 6.49 Å². The van der Waals surface area contributed by atoms with Crippen LogP contribution >= 0.6 is 29.3 Å². The molecule has 0 aromatic heterocycles. The van der Waals surface area contributed by atoms with E-state index in [1.807, 2.05) is 0 Å². The molecule has 58 valence electrons. The number of halogens is 2. The van der Waals surface area contributed by atoms with Crippen molar-refractivity contribution in [3.63, 3.8) is 0 Å². The maximum Gasteiger partial charge on any atom is 0.245 e. The van der Waals surface area contributed by atoms with Crippen LogP contribution in [-0.2, 0) is 9.36 Å². The van der Waals surface area contributed by atoms with Crippen LogP contribution in [0.2, 0.25) is 0 Å². The highest BCUT2D eigenvalue weighted by molar-refractivity contribution is 7.91. The molecule has 2 nitrogen and oxygen atoms in total. The quantitative estimate of drug-likeness (QED) is 0.399. The van der Waals surface area contributed by atoms with E-state index in [0.717, 1.165) is 11.9 Å². The van der Waals surface area contributed by atoms with E-state index in [9.17, 15) is 9.36 Å². The second kappa shape index (κ2) is 4.17. The molecule has 0 spiro atoms. The topological polar surface area (TPSA) is 34.1 Å². The Morgan fingerprint density at radius 1 is 1.70 bits per heavy atom. The maximum atomic E-state index is 11.0. The van der Waals surface area contributed by atoms with Crippen LogP contribution in [0.15, 0.2) is 11.9 Å². The van der Waals surface area contributed by atoms with Gasteiger partial charge in [0.05, 0.1) is 0 Å². The first kappa shape index (κ1) is 10.2. The number of allylic oxidation sites excluding steroid dienone is 1. The van der Waals surface area contributed by atoms with Gasteiger partial charge in [-0.2, -0.15) is 0 Å². The van der Waals surface area contributed by atoms with E-state index in [1.54, 1.807) is 6.92 Å². The number of rotatable bonds is 3. The molecular formula is C5H7Cl2O2P. The Bertz CT molecular complexity index is 200. The van der Waals surface area contributed by atoms with Gasteiger partial charge in [0.2, 0.25) is 5.24 Å². The smallest absolute Gasteiger partial charge is 0.245 e. The summed E-state index contributed by atoms with van der Waals surface area (Å²) in [6, 6.07) is 0. The van der Waals surface area contributed by atoms with Crippen molar-refractivity contribution in [2.24, 2.45) is 0 Å². The monoisotopic (exact) mass is 200 g/mol. The van der Waals surface area contributed by atoms with Crippen LogP contribution in [0.25, 0.3) is 0 Å². The van der Waals surface area contributed by atoms with Crippen LogP contribution < -0.4 is 0 Å². The van der Waals surface area contributed by atoms with Crippen LogP contribution in [0.1, 0.15) is 6.92 Å². The lowest BCUT2D eigenvalue weighted by atomic mass is 10.7. The van der Waals surface area contributed by atoms with Gasteiger partial charge in [-0.25, -0.2) is 0 Å². The molecule has 0 aliphatic heterocycles. The molecule has 0 saturated carbocycles. The minimum absolute atomic E-state index is 0.329. The zero-order valence-electron chi connectivity index (χ0n) is 5.38. The van der Waals surface area contributed by atoms with Crippen molar-refractivity contribution in [3.05, 3.63) is 11.9 Å². The first-order chi connectivity index (χ1) is 4.48. The molecule has 1 atom stereocenters. The van der Waals surface area contributed by atoms with Gasteiger partial charge >= 0.3 is 0 Å². The third-order valence-corrected chi connectivity index (χ3v) is 3.50. The van der Waals surface area contributed by atoms with Crippen molar-refractivity contribution in [2.75, 3.05) is 6.16 Å². The summed E-state index contributed by atoms with van der Waals surface area (Å²) in [5.41, 5.74) is 0. The van der Waals surface area contributed by atoms with E-state index < -0.39 is 11.7 Å². The Balaban J connectivity index is 4.13. The van der Waals surface area contributed by atoms with Crippen LogP contribution in [0.3, 0.4) is 0 Å². The Morgan fingerprint density at radius 2 is 2.20 bits per heavy atom. The molecule has 5 heteroatoms. The summed E-state index contributed by atoms with van der Waals surface area (Å²) in [4.78, 5) is 10.1.